The van der Waals surface area contributed by atoms with Crippen molar-refractivity contribution in [2.24, 2.45) is 5.10 Å². The molecule has 30 heavy (non-hydrogen) atoms. The smallest absolute Gasteiger partial charge is 0.342 e. The van der Waals surface area contributed by atoms with Gasteiger partial charge in [0.15, 0.2) is 0 Å². The molecular formula is C19H17FN6O4. The maximum Gasteiger partial charge on any atom is 0.342 e. The second kappa shape index (κ2) is 9.78. The van der Waals surface area contributed by atoms with Gasteiger partial charge < -0.3 is 10.1 Å². The molecule has 1 amide bonds. The number of ether oxygens (including phenoxy) is 1. The quantitative estimate of drug-likeness (QED) is 0.318. The van der Waals surface area contributed by atoms with Crippen LogP contribution < -0.4 is 26.7 Å². The summed E-state index contributed by atoms with van der Waals surface area (Å²) in [4.78, 5) is 36.1. The molecule has 1 heterocycles. The van der Waals surface area contributed by atoms with Gasteiger partial charge in [-0.15, -0.1) is 5.10 Å². The number of amides is 1. The molecule has 2 aromatic carbocycles. The minimum absolute atomic E-state index is 0.195. The number of H-pyrrole nitrogens is 2. The van der Waals surface area contributed by atoms with Gasteiger partial charge in [0.1, 0.15) is 18.2 Å². The third-order valence-corrected chi connectivity index (χ3v) is 3.71. The van der Waals surface area contributed by atoms with E-state index in [2.05, 4.69) is 20.9 Å². The third kappa shape index (κ3) is 6.12. The third-order valence-electron chi connectivity index (χ3n) is 3.71. The van der Waals surface area contributed by atoms with Gasteiger partial charge in [0.2, 0.25) is 5.82 Å². The van der Waals surface area contributed by atoms with Crippen LogP contribution in [0.25, 0.3) is 0 Å². The molecule has 0 saturated carbocycles. The number of nitrogens with one attached hydrogen (secondary N) is 4. The van der Waals surface area contributed by atoms with E-state index in [-0.39, 0.29) is 24.8 Å². The Hall–Kier alpha value is -4.28. The summed E-state index contributed by atoms with van der Waals surface area (Å²) in [6.07, 6.45) is 1.42. The number of carbonyl (C=O) groups is 1. The number of hydrogen-bond acceptors (Lipinski definition) is 7. The van der Waals surface area contributed by atoms with E-state index in [1.807, 2.05) is 10.1 Å². The fourth-order valence-electron chi connectivity index (χ4n) is 2.28. The standard InChI is InChI=1S/C19H17FN6O4/c20-14-6-4-12(5-7-14)11-30-15-3-1-2-13(8-15)9-22-24-16(27)10-21-17-18(28)23-19(29)26-25-17/h1-9H,10-11H2,(H,21,25)(H,24,27)(H2,23,26,28,29)/b22-9+. The van der Waals surface area contributed by atoms with E-state index in [1.54, 1.807) is 36.4 Å². The Morgan fingerprint density at radius 3 is 2.77 bits per heavy atom. The van der Waals surface area contributed by atoms with Crippen LogP contribution >= 0.6 is 0 Å². The van der Waals surface area contributed by atoms with E-state index in [0.29, 0.717) is 11.3 Å². The van der Waals surface area contributed by atoms with Gasteiger partial charge in [-0.1, -0.05) is 24.3 Å². The van der Waals surface area contributed by atoms with Gasteiger partial charge in [-0.3, -0.25) is 14.6 Å². The zero-order chi connectivity index (χ0) is 21.3. The van der Waals surface area contributed by atoms with Crippen LogP contribution in [0.3, 0.4) is 0 Å². The Bertz CT molecular complexity index is 1160. The average molecular weight is 412 g/mol. The highest BCUT2D eigenvalue weighted by molar-refractivity contribution is 5.84. The molecule has 0 unspecified atom stereocenters. The van der Waals surface area contributed by atoms with Crippen LogP contribution in [0.5, 0.6) is 5.75 Å². The van der Waals surface area contributed by atoms with Gasteiger partial charge in [-0.05, 0) is 35.4 Å². The van der Waals surface area contributed by atoms with Crippen molar-refractivity contribution in [2.45, 2.75) is 6.61 Å². The molecule has 154 valence electrons. The topological polar surface area (TPSA) is 141 Å². The lowest BCUT2D eigenvalue weighted by Crippen LogP contribution is -2.31. The molecule has 3 rings (SSSR count). The molecular weight excluding hydrogens is 395 g/mol. The first kappa shape index (κ1) is 20.5. The molecule has 0 bridgehead atoms. The number of nitrogens with zero attached hydrogens (tertiary/aromatic N) is 2. The van der Waals surface area contributed by atoms with Crippen LogP contribution in [-0.4, -0.2) is 33.8 Å². The van der Waals surface area contributed by atoms with Crippen molar-refractivity contribution in [3.05, 3.63) is 86.3 Å². The van der Waals surface area contributed by atoms with E-state index < -0.39 is 17.2 Å². The second-order valence-electron chi connectivity index (χ2n) is 5.99. The zero-order valence-electron chi connectivity index (χ0n) is 15.5. The summed E-state index contributed by atoms with van der Waals surface area (Å²) in [5.74, 6) is -0.447. The van der Waals surface area contributed by atoms with Gasteiger partial charge in [-0.25, -0.2) is 19.7 Å². The van der Waals surface area contributed by atoms with Crippen molar-refractivity contribution in [2.75, 3.05) is 11.9 Å². The molecule has 1 aromatic heterocycles. The van der Waals surface area contributed by atoms with E-state index in [9.17, 15) is 18.8 Å². The lowest BCUT2D eigenvalue weighted by Gasteiger charge is -2.07. The molecule has 11 heteroatoms. The van der Waals surface area contributed by atoms with Crippen molar-refractivity contribution >= 4 is 17.9 Å². The Morgan fingerprint density at radius 1 is 1.20 bits per heavy atom. The summed E-state index contributed by atoms with van der Waals surface area (Å²) in [6, 6.07) is 13.0. The van der Waals surface area contributed by atoms with Crippen molar-refractivity contribution < 1.29 is 13.9 Å². The second-order valence-corrected chi connectivity index (χ2v) is 5.99. The Labute approximate surface area is 168 Å². The number of halogens is 1. The number of aromatic nitrogens is 3. The van der Waals surface area contributed by atoms with Crippen LogP contribution in [0.4, 0.5) is 10.2 Å². The first-order chi connectivity index (χ1) is 14.5. The largest absolute Gasteiger partial charge is 0.489 e. The highest BCUT2D eigenvalue weighted by Crippen LogP contribution is 2.14. The Kier molecular flexibility index (Phi) is 6.66. The van der Waals surface area contributed by atoms with Gasteiger partial charge in [0.25, 0.3) is 11.5 Å². The number of rotatable bonds is 8. The molecule has 0 fully saturated rings. The van der Waals surface area contributed by atoms with Gasteiger partial charge in [0.05, 0.1) is 12.8 Å². The predicted octanol–water partition coefficient (Wildman–Crippen LogP) is 0.739. The van der Waals surface area contributed by atoms with Crippen LogP contribution in [0, 0.1) is 5.82 Å². The predicted molar refractivity (Wildman–Crippen MR) is 107 cm³/mol. The maximum atomic E-state index is 12.9. The van der Waals surface area contributed by atoms with E-state index in [1.165, 1.54) is 18.3 Å². The highest BCUT2D eigenvalue weighted by Gasteiger charge is 2.05. The van der Waals surface area contributed by atoms with Crippen LogP contribution in [-0.2, 0) is 11.4 Å². The number of hydrogen-bond donors (Lipinski definition) is 4. The minimum atomic E-state index is -0.747. The molecule has 0 aliphatic carbocycles. The Balaban J connectivity index is 1.48. The van der Waals surface area contributed by atoms with E-state index in [0.717, 1.165) is 5.56 Å². The number of benzene rings is 2. The summed E-state index contributed by atoms with van der Waals surface area (Å²) in [5, 5.41) is 11.8. The number of hydrazone groups is 1. The molecule has 0 aliphatic rings. The highest BCUT2D eigenvalue weighted by atomic mass is 19.1. The number of anilines is 1. The van der Waals surface area contributed by atoms with Crippen molar-refractivity contribution in [1.82, 2.24) is 20.6 Å². The summed E-state index contributed by atoms with van der Waals surface area (Å²) in [5.41, 5.74) is 2.31. The lowest BCUT2D eigenvalue weighted by molar-refractivity contribution is -0.119. The Morgan fingerprint density at radius 2 is 2.00 bits per heavy atom. The molecule has 0 atom stereocenters. The molecule has 0 aliphatic heterocycles. The fourth-order valence-corrected chi connectivity index (χ4v) is 2.28. The van der Waals surface area contributed by atoms with Gasteiger partial charge in [-0.2, -0.15) is 5.10 Å². The normalized spacial score (nSPS) is 10.7. The van der Waals surface area contributed by atoms with Crippen molar-refractivity contribution in [3.63, 3.8) is 0 Å². The van der Waals surface area contributed by atoms with Crippen molar-refractivity contribution in [1.29, 1.82) is 0 Å². The van der Waals surface area contributed by atoms with Gasteiger partial charge >= 0.3 is 5.69 Å². The molecule has 0 spiro atoms. The monoisotopic (exact) mass is 412 g/mol. The minimum Gasteiger partial charge on any atom is -0.489 e. The summed E-state index contributed by atoms with van der Waals surface area (Å²) >= 11 is 0. The molecule has 0 radical (unpaired) electrons. The van der Waals surface area contributed by atoms with Gasteiger partial charge in [0, 0.05) is 0 Å². The molecule has 10 nitrogen and oxygen atoms in total. The number of carbonyl (C=O) groups excluding carboxylic acids is 1. The number of aromatic amines is 2. The summed E-state index contributed by atoms with van der Waals surface area (Å²) < 4.78 is 18.6. The SMILES string of the molecule is O=C(CNc1n[nH]c(=O)[nH]c1=O)N/N=C/c1cccc(OCc2ccc(F)cc2)c1. The van der Waals surface area contributed by atoms with E-state index in [4.69, 9.17) is 4.74 Å². The molecule has 0 saturated heterocycles. The van der Waals surface area contributed by atoms with Crippen molar-refractivity contribution in [3.8, 4) is 5.75 Å². The molecule has 4 N–H and O–H groups in total. The summed E-state index contributed by atoms with van der Waals surface area (Å²) in [6.45, 7) is 0.00147. The maximum absolute atomic E-state index is 12.9. The summed E-state index contributed by atoms with van der Waals surface area (Å²) in [7, 11) is 0. The van der Waals surface area contributed by atoms with E-state index >= 15 is 0 Å². The van der Waals surface area contributed by atoms with Crippen LogP contribution in [0.2, 0.25) is 0 Å². The lowest BCUT2D eigenvalue weighted by atomic mass is 10.2. The fraction of sp³-hybridized carbons (Fsp3) is 0.105. The molecule has 3 aromatic rings. The first-order valence-electron chi connectivity index (χ1n) is 8.72. The average Bonchev–Trinajstić information content (AvgIpc) is 2.73. The zero-order valence-corrected chi connectivity index (χ0v) is 15.5. The van der Waals surface area contributed by atoms with Crippen LogP contribution in [0.15, 0.2) is 63.2 Å². The first-order valence-corrected chi connectivity index (χ1v) is 8.72. The van der Waals surface area contributed by atoms with Crippen LogP contribution in [0.1, 0.15) is 11.1 Å².